The van der Waals surface area contributed by atoms with Crippen LogP contribution in [0.3, 0.4) is 0 Å². The third-order valence-electron chi connectivity index (χ3n) is 2.94. The number of aromatic nitrogens is 2. The van der Waals surface area contributed by atoms with E-state index in [0.717, 1.165) is 19.3 Å². The number of aryl methyl sites for hydroxylation is 1. The first-order valence-electron chi connectivity index (χ1n) is 5.46. The van der Waals surface area contributed by atoms with Crippen molar-refractivity contribution in [3.63, 3.8) is 0 Å². The molecule has 1 aromatic heterocycles. The molecule has 0 bridgehead atoms. The highest BCUT2D eigenvalue weighted by molar-refractivity contribution is 5.72. The molecule has 0 amide bonds. The second-order valence-electron chi connectivity index (χ2n) is 4.12. The summed E-state index contributed by atoms with van der Waals surface area (Å²) in [7, 11) is 0. The molecule has 1 fully saturated rings. The number of rotatable bonds is 3. The van der Waals surface area contributed by atoms with Gasteiger partial charge in [0.2, 0.25) is 0 Å². The van der Waals surface area contributed by atoms with Crippen molar-refractivity contribution in [3.05, 3.63) is 18.1 Å². The minimum absolute atomic E-state index is 0.00759. The SMILES string of the molecule is Cc1nccc(NC2CCCC2C(=O)O)n1. The Morgan fingerprint density at radius 3 is 3.06 bits per heavy atom. The van der Waals surface area contributed by atoms with Crippen molar-refractivity contribution in [2.75, 3.05) is 5.32 Å². The molecule has 2 unspecified atom stereocenters. The lowest BCUT2D eigenvalue weighted by molar-refractivity contribution is -0.141. The average Bonchev–Trinajstić information content (AvgIpc) is 2.66. The minimum atomic E-state index is -0.722. The van der Waals surface area contributed by atoms with Crippen LogP contribution < -0.4 is 5.32 Å². The Morgan fingerprint density at radius 1 is 1.56 bits per heavy atom. The van der Waals surface area contributed by atoms with Crippen molar-refractivity contribution in [1.82, 2.24) is 9.97 Å². The average molecular weight is 221 g/mol. The lowest BCUT2D eigenvalue weighted by atomic mass is 10.0. The van der Waals surface area contributed by atoms with Crippen LogP contribution in [-0.4, -0.2) is 27.1 Å². The Bertz CT molecular complexity index is 395. The van der Waals surface area contributed by atoms with Gasteiger partial charge in [-0.2, -0.15) is 0 Å². The van der Waals surface area contributed by atoms with Crippen LogP contribution in [0.2, 0.25) is 0 Å². The molecule has 0 spiro atoms. The van der Waals surface area contributed by atoms with E-state index >= 15 is 0 Å². The van der Waals surface area contributed by atoms with Crippen LogP contribution in [-0.2, 0) is 4.79 Å². The number of carboxylic acid groups (broad SMARTS) is 1. The molecule has 1 heterocycles. The summed E-state index contributed by atoms with van der Waals surface area (Å²) in [5, 5.41) is 12.2. The number of nitrogens with one attached hydrogen (secondary N) is 1. The largest absolute Gasteiger partial charge is 0.481 e. The second kappa shape index (κ2) is 4.47. The predicted molar refractivity (Wildman–Crippen MR) is 59.2 cm³/mol. The zero-order valence-corrected chi connectivity index (χ0v) is 9.18. The van der Waals surface area contributed by atoms with E-state index in [1.54, 1.807) is 12.3 Å². The van der Waals surface area contributed by atoms with Gasteiger partial charge in [-0.25, -0.2) is 9.97 Å². The van der Waals surface area contributed by atoms with E-state index in [1.165, 1.54) is 0 Å². The third kappa shape index (κ3) is 2.29. The van der Waals surface area contributed by atoms with Gasteiger partial charge in [0.25, 0.3) is 0 Å². The van der Waals surface area contributed by atoms with Crippen LogP contribution in [0, 0.1) is 12.8 Å². The first kappa shape index (κ1) is 10.9. The molecule has 1 saturated carbocycles. The van der Waals surface area contributed by atoms with Crippen LogP contribution in [0.5, 0.6) is 0 Å². The van der Waals surface area contributed by atoms with Gasteiger partial charge in [-0.05, 0) is 25.8 Å². The molecule has 5 nitrogen and oxygen atoms in total. The monoisotopic (exact) mass is 221 g/mol. The number of nitrogens with zero attached hydrogens (tertiary/aromatic N) is 2. The molecular weight excluding hydrogens is 206 g/mol. The van der Waals surface area contributed by atoms with Crippen molar-refractivity contribution in [3.8, 4) is 0 Å². The summed E-state index contributed by atoms with van der Waals surface area (Å²) >= 11 is 0. The molecule has 1 aromatic rings. The highest BCUT2D eigenvalue weighted by Crippen LogP contribution is 2.28. The van der Waals surface area contributed by atoms with Gasteiger partial charge in [-0.1, -0.05) is 6.42 Å². The highest BCUT2D eigenvalue weighted by Gasteiger charge is 2.32. The topological polar surface area (TPSA) is 75.1 Å². The fraction of sp³-hybridized carbons (Fsp3) is 0.545. The van der Waals surface area contributed by atoms with E-state index < -0.39 is 5.97 Å². The third-order valence-corrected chi connectivity index (χ3v) is 2.94. The first-order valence-corrected chi connectivity index (χ1v) is 5.46. The lowest BCUT2D eigenvalue weighted by Gasteiger charge is -2.18. The van der Waals surface area contributed by atoms with Gasteiger partial charge in [0.05, 0.1) is 5.92 Å². The summed E-state index contributed by atoms with van der Waals surface area (Å²) in [5.74, 6) is 0.386. The highest BCUT2D eigenvalue weighted by atomic mass is 16.4. The standard InChI is InChI=1S/C11H15N3O2/c1-7-12-6-5-10(13-7)14-9-4-2-3-8(9)11(15)16/h5-6,8-9H,2-4H2,1H3,(H,15,16)(H,12,13,14). The maximum Gasteiger partial charge on any atom is 0.308 e. The van der Waals surface area contributed by atoms with Gasteiger partial charge < -0.3 is 10.4 Å². The van der Waals surface area contributed by atoms with E-state index in [4.69, 9.17) is 5.11 Å². The molecule has 0 aromatic carbocycles. The minimum Gasteiger partial charge on any atom is -0.481 e. The predicted octanol–water partition coefficient (Wildman–Crippen LogP) is 1.45. The van der Waals surface area contributed by atoms with Crippen molar-refractivity contribution >= 4 is 11.8 Å². The fourth-order valence-corrected chi connectivity index (χ4v) is 2.15. The summed E-state index contributed by atoms with van der Waals surface area (Å²) in [6, 6.07) is 1.76. The second-order valence-corrected chi connectivity index (χ2v) is 4.12. The molecule has 86 valence electrons. The Balaban J connectivity index is 2.06. The van der Waals surface area contributed by atoms with E-state index in [2.05, 4.69) is 15.3 Å². The number of carbonyl (C=O) groups is 1. The van der Waals surface area contributed by atoms with Crippen LogP contribution in [0.4, 0.5) is 5.82 Å². The van der Waals surface area contributed by atoms with Gasteiger partial charge in [0.15, 0.2) is 0 Å². The van der Waals surface area contributed by atoms with Crippen LogP contribution in [0.15, 0.2) is 12.3 Å². The summed E-state index contributed by atoms with van der Waals surface area (Å²) in [4.78, 5) is 19.2. The summed E-state index contributed by atoms with van der Waals surface area (Å²) in [6.07, 6.45) is 4.27. The maximum absolute atomic E-state index is 11.0. The number of carboxylic acids is 1. The quantitative estimate of drug-likeness (QED) is 0.808. The molecule has 0 saturated heterocycles. The number of hydrogen-bond donors (Lipinski definition) is 2. The Morgan fingerprint density at radius 2 is 2.38 bits per heavy atom. The van der Waals surface area contributed by atoms with Crippen molar-refractivity contribution in [2.45, 2.75) is 32.2 Å². The summed E-state index contributed by atoms with van der Waals surface area (Å²) in [6.45, 7) is 1.81. The zero-order valence-electron chi connectivity index (χ0n) is 9.18. The molecule has 2 N–H and O–H groups in total. The fourth-order valence-electron chi connectivity index (χ4n) is 2.15. The van der Waals surface area contributed by atoms with Gasteiger partial charge in [-0.15, -0.1) is 0 Å². The van der Waals surface area contributed by atoms with Gasteiger partial charge >= 0.3 is 5.97 Å². The molecule has 5 heteroatoms. The van der Waals surface area contributed by atoms with E-state index in [9.17, 15) is 4.79 Å². The molecule has 1 aliphatic rings. The van der Waals surface area contributed by atoms with Crippen LogP contribution >= 0.6 is 0 Å². The maximum atomic E-state index is 11.0. The van der Waals surface area contributed by atoms with Gasteiger partial charge in [0, 0.05) is 12.2 Å². The molecular formula is C11H15N3O2. The molecule has 1 aliphatic carbocycles. The van der Waals surface area contributed by atoms with Crippen molar-refractivity contribution in [1.29, 1.82) is 0 Å². The summed E-state index contributed by atoms with van der Waals surface area (Å²) < 4.78 is 0. The Kier molecular flexibility index (Phi) is 3.03. The van der Waals surface area contributed by atoms with E-state index in [0.29, 0.717) is 11.6 Å². The van der Waals surface area contributed by atoms with Gasteiger partial charge in [0.1, 0.15) is 11.6 Å². The van der Waals surface area contributed by atoms with Crippen LogP contribution in [0.25, 0.3) is 0 Å². The molecule has 16 heavy (non-hydrogen) atoms. The lowest BCUT2D eigenvalue weighted by Crippen LogP contribution is -2.30. The normalized spacial score (nSPS) is 24.3. The molecule has 2 atom stereocenters. The number of hydrogen-bond acceptors (Lipinski definition) is 4. The molecule has 2 rings (SSSR count). The number of anilines is 1. The van der Waals surface area contributed by atoms with E-state index in [1.807, 2.05) is 6.92 Å². The van der Waals surface area contributed by atoms with E-state index in [-0.39, 0.29) is 12.0 Å². The zero-order chi connectivity index (χ0) is 11.5. The molecule has 0 radical (unpaired) electrons. The van der Waals surface area contributed by atoms with Gasteiger partial charge in [-0.3, -0.25) is 4.79 Å². The first-order chi connectivity index (χ1) is 7.66. The smallest absolute Gasteiger partial charge is 0.308 e. The number of aliphatic carboxylic acids is 1. The Labute approximate surface area is 93.9 Å². The van der Waals surface area contributed by atoms with Crippen LogP contribution in [0.1, 0.15) is 25.1 Å². The Hall–Kier alpha value is -1.65. The van der Waals surface area contributed by atoms with Crippen molar-refractivity contribution in [2.24, 2.45) is 5.92 Å². The van der Waals surface area contributed by atoms with Crippen molar-refractivity contribution < 1.29 is 9.90 Å². The summed E-state index contributed by atoms with van der Waals surface area (Å²) in [5.41, 5.74) is 0. The molecule has 0 aliphatic heterocycles.